The molecule has 0 fully saturated rings. The van der Waals surface area contributed by atoms with Gasteiger partial charge in [0.05, 0.1) is 12.2 Å². The van der Waals surface area contributed by atoms with Gasteiger partial charge in [-0.15, -0.1) is 13.2 Å². The lowest BCUT2D eigenvalue weighted by molar-refractivity contribution is -0.274. The molecule has 0 aliphatic carbocycles. The quantitative estimate of drug-likeness (QED) is 0.0815. The number of benzene rings is 2. The molecule has 2 aromatic carbocycles. The summed E-state index contributed by atoms with van der Waals surface area (Å²) >= 11 is 0. The zero-order valence-corrected chi connectivity index (χ0v) is 26.1. The van der Waals surface area contributed by atoms with Crippen molar-refractivity contribution in [3.05, 3.63) is 58.4 Å². The molecule has 0 bridgehead atoms. The Morgan fingerprint density at radius 2 is 1.57 bits per heavy atom. The summed E-state index contributed by atoms with van der Waals surface area (Å²) in [5, 5.41) is 0.567. The first-order chi connectivity index (χ1) is 20.1. The minimum Gasteiger partial charge on any atom is -0.493 e. The van der Waals surface area contributed by atoms with Gasteiger partial charge in [-0.2, -0.15) is 0 Å². The molecule has 0 unspecified atom stereocenters. The van der Waals surface area contributed by atoms with Gasteiger partial charge in [-0.3, -0.25) is 0 Å². The van der Waals surface area contributed by atoms with E-state index in [0.717, 1.165) is 56.6 Å². The number of alkyl halides is 3. The Kier molecular flexibility index (Phi) is 12.9. The Bertz CT molecular complexity index is 1320. The number of halogens is 3. The summed E-state index contributed by atoms with van der Waals surface area (Å²) in [6, 6.07) is 12.2. The molecule has 0 amide bonds. The molecular weight excluding hydrogens is 565 g/mol. The Morgan fingerprint density at radius 1 is 0.833 bits per heavy atom. The normalized spacial score (nSPS) is 12.2. The summed E-state index contributed by atoms with van der Waals surface area (Å²) < 4.78 is 67.2. The Balaban J connectivity index is 1.64. The molecule has 0 aliphatic heterocycles. The maximum Gasteiger partial charge on any atom is 0.573 e. The summed E-state index contributed by atoms with van der Waals surface area (Å²) in [5.74, 6) is 0.148. The minimum atomic E-state index is -4.89. The van der Waals surface area contributed by atoms with Crippen molar-refractivity contribution in [1.82, 2.24) is 0 Å². The predicted molar refractivity (Wildman–Crippen MR) is 161 cm³/mol. The van der Waals surface area contributed by atoms with E-state index in [2.05, 4.69) is 18.2 Å². The highest BCUT2D eigenvalue weighted by Crippen LogP contribution is 2.35. The number of aryl methyl sites for hydroxylation is 1. The SMILES string of the molecule is CCCCCc1ccc(-c2cc3ccc(OCCCCCC[Si](C)(OCC)OCC)cc3oc2=O)c(OC(F)(F)F)c1. The van der Waals surface area contributed by atoms with Crippen LogP contribution in [0.3, 0.4) is 0 Å². The minimum absolute atomic E-state index is 0.00311. The average molecular weight is 609 g/mol. The Hall–Kier alpha value is -2.82. The molecule has 0 saturated carbocycles. The van der Waals surface area contributed by atoms with Crippen molar-refractivity contribution in [3.8, 4) is 22.6 Å². The van der Waals surface area contributed by atoms with E-state index in [0.29, 0.717) is 43.0 Å². The number of unbranched alkanes of at least 4 members (excludes halogenated alkanes) is 5. The molecule has 3 rings (SSSR count). The summed E-state index contributed by atoms with van der Waals surface area (Å²) in [6.45, 7) is 10.0. The maximum absolute atomic E-state index is 13.2. The summed E-state index contributed by atoms with van der Waals surface area (Å²) in [6.07, 6.45) is 2.55. The van der Waals surface area contributed by atoms with Gasteiger partial charge in [0.25, 0.3) is 0 Å². The van der Waals surface area contributed by atoms with E-state index >= 15 is 0 Å². The van der Waals surface area contributed by atoms with Crippen molar-refractivity contribution in [2.75, 3.05) is 19.8 Å². The highest BCUT2D eigenvalue weighted by molar-refractivity contribution is 6.66. The molecule has 1 heterocycles. The van der Waals surface area contributed by atoms with Crippen LogP contribution in [-0.2, 0) is 15.3 Å². The van der Waals surface area contributed by atoms with Crippen LogP contribution >= 0.6 is 0 Å². The standard InChI is InChI=1S/C32H43F3O6Si/c1-5-8-11-14-24-15-18-27(30(21-24)41-32(33,34)35)28-22-25-16-17-26(23-29(25)40-31(28)36)37-19-12-9-10-13-20-42(4,38-6-2)39-7-3/h15-18,21-23H,5-14,19-20H2,1-4H3. The monoisotopic (exact) mass is 608 g/mol. The van der Waals surface area contributed by atoms with Gasteiger partial charge in [0.2, 0.25) is 0 Å². The van der Waals surface area contributed by atoms with E-state index in [9.17, 15) is 18.0 Å². The van der Waals surface area contributed by atoms with Crippen molar-refractivity contribution in [2.24, 2.45) is 0 Å². The highest BCUT2D eigenvalue weighted by atomic mass is 28.4. The fourth-order valence-electron chi connectivity index (χ4n) is 4.99. The second-order valence-electron chi connectivity index (χ2n) is 10.5. The van der Waals surface area contributed by atoms with E-state index in [1.165, 1.54) is 18.2 Å². The summed E-state index contributed by atoms with van der Waals surface area (Å²) in [4.78, 5) is 12.9. The van der Waals surface area contributed by atoms with E-state index in [1.807, 2.05) is 13.8 Å². The molecule has 232 valence electrons. The van der Waals surface area contributed by atoms with E-state index in [4.69, 9.17) is 18.0 Å². The molecule has 0 N–H and O–H groups in total. The number of hydrogen-bond donors (Lipinski definition) is 0. The van der Waals surface area contributed by atoms with Crippen LogP contribution in [0.25, 0.3) is 22.1 Å². The third kappa shape index (κ3) is 10.5. The molecule has 10 heteroatoms. The highest BCUT2D eigenvalue weighted by Gasteiger charge is 2.33. The van der Waals surface area contributed by atoms with Crippen LogP contribution in [0, 0.1) is 0 Å². The van der Waals surface area contributed by atoms with Gasteiger partial charge >= 0.3 is 20.5 Å². The Morgan fingerprint density at radius 3 is 2.26 bits per heavy atom. The van der Waals surface area contributed by atoms with Crippen LogP contribution in [0.4, 0.5) is 13.2 Å². The smallest absolute Gasteiger partial charge is 0.493 e. The first-order valence-electron chi connectivity index (χ1n) is 14.9. The first kappa shape index (κ1) is 33.7. The number of hydrogen-bond acceptors (Lipinski definition) is 6. The first-order valence-corrected chi connectivity index (χ1v) is 17.5. The molecule has 0 aliphatic rings. The number of fused-ring (bicyclic) bond motifs is 1. The molecular formula is C32H43F3O6Si. The van der Waals surface area contributed by atoms with Gasteiger partial charge in [-0.05, 0) is 75.5 Å². The number of ether oxygens (including phenoxy) is 2. The van der Waals surface area contributed by atoms with Gasteiger partial charge in [-0.1, -0.05) is 51.2 Å². The molecule has 0 atom stereocenters. The molecule has 3 aromatic rings. The van der Waals surface area contributed by atoms with Crippen molar-refractivity contribution in [2.45, 2.75) is 91.1 Å². The lowest BCUT2D eigenvalue weighted by Gasteiger charge is -2.25. The van der Waals surface area contributed by atoms with Crippen LogP contribution in [0.15, 0.2) is 51.7 Å². The van der Waals surface area contributed by atoms with Crippen molar-refractivity contribution < 1.29 is 35.9 Å². The number of rotatable bonds is 18. The fraction of sp³-hybridized carbons (Fsp3) is 0.531. The Labute approximate surface area is 247 Å². The van der Waals surface area contributed by atoms with Crippen LogP contribution in [0.1, 0.15) is 71.3 Å². The van der Waals surface area contributed by atoms with E-state index in [-0.39, 0.29) is 11.1 Å². The van der Waals surface area contributed by atoms with Gasteiger partial charge < -0.3 is 22.7 Å². The topological polar surface area (TPSA) is 67.1 Å². The molecule has 42 heavy (non-hydrogen) atoms. The largest absolute Gasteiger partial charge is 0.573 e. The predicted octanol–water partition coefficient (Wildman–Crippen LogP) is 9.18. The van der Waals surface area contributed by atoms with E-state index in [1.54, 1.807) is 24.3 Å². The van der Waals surface area contributed by atoms with Gasteiger partial charge in [0, 0.05) is 30.2 Å². The van der Waals surface area contributed by atoms with Crippen molar-refractivity contribution in [1.29, 1.82) is 0 Å². The van der Waals surface area contributed by atoms with Gasteiger partial charge in [0.1, 0.15) is 17.1 Å². The van der Waals surface area contributed by atoms with E-state index < -0.39 is 26.3 Å². The zero-order valence-electron chi connectivity index (χ0n) is 25.1. The lowest BCUT2D eigenvalue weighted by Crippen LogP contribution is -2.38. The van der Waals surface area contributed by atoms with Crippen LogP contribution < -0.4 is 15.1 Å². The van der Waals surface area contributed by atoms with Crippen LogP contribution in [0.2, 0.25) is 12.6 Å². The third-order valence-corrected chi connectivity index (χ3v) is 10.1. The summed E-state index contributed by atoms with van der Waals surface area (Å²) in [7, 11) is -2.07. The van der Waals surface area contributed by atoms with Crippen LogP contribution in [-0.4, -0.2) is 34.7 Å². The maximum atomic E-state index is 13.2. The molecule has 0 spiro atoms. The molecule has 0 radical (unpaired) electrons. The molecule has 1 aromatic heterocycles. The lowest BCUT2D eigenvalue weighted by atomic mass is 10.00. The van der Waals surface area contributed by atoms with Crippen LogP contribution in [0.5, 0.6) is 11.5 Å². The van der Waals surface area contributed by atoms with Gasteiger partial charge in [-0.25, -0.2) is 4.79 Å². The van der Waals surface area contributed by atoms with Crippen molar-refractivity contribution in [3.63, 3.8) is 0 Å². The fourth-order valence-corrected chi connectivity index (χ4v) is 7.48. The second kappa shape index (κ2) is 16.1. The van der Waals surface area contributed by atoms with Gasteiger partial charge in [0.15, 0.2) is 0 Å². The summed E-state index contributed by atoms with van der Waals surface area (Å²) in [5.41, 5.74) is 0.304. The zero-order chi connectivity index (χ0) is 30.6. The average Bonchev–Trinajstić information content (AvgIpc) is 2.92. The van der Waals surface area contributed by atoms with Crippen molar-refractivity contribution >= 4 is 19.5 Å². The third-order valence-electron chi connectivity index (χ3n) is 7.03. The second-order valence-corrected chi connectivity index (χ2v) is 13.8. The molecule has 6 nitrogen and oxygen atoms in total. The molecule has 0 saturated heterocycles.